The number of allylic oxidation sites excluding steroid dienone is 18. The lowest BCUT2D eigenvalue weighted by molar-refractivity contribution is -0.220. The molecule has 1 rings (SSSR count). The van der Waals surface area contributed by atoms with Gasteiger partial charge in [0.15, 0.2) is 6.10 Å². The van der Waals surface area contributed by atoms with Crippen LogP contribution in [0.25, 0.3) is 0 Å². The topological polar surface area (TPSA) is 250 Å². The number of ether oxygens (including phenoxy) is 2. The summed E-state index contributed by atoms with van der Waals surface area (Å²) in [6.07, 6.45) is 38.6. The molecular formula is C53H81O15P. The van der Waals surface area contributed by atoms with Gasteiger partial charge < -0.3 is 50.1 Å². The summed E-state index contributed by atoms with van der Waals surface area (Å²) in [6, 6.07) is 0. The van der Waals surface area contributed by atoms with E-state index in [2.05, 4.69) is 49.5 Å². The van der Waals surface area contributed by atoms with E-state index in [0.717, 1.165) is 32.1 Å². The van der Waals surface area contributed by atoms with Gasteiger partial charge in [0.1, 0.15) is 43.2 Å². The van der Waals surface area contributed by atoms with E-state index in [1.165, 1.54) is 19.3 Å². The highest BCUT2D eigenvalue weighted by molar-refractivity contribution is 7.47. The van der Waals surface area contributed by atoms with Gasteiger partial charge in [0, 0.05) is 12.8 Å². The van der Waals surface area contributed by atoms with Crippen molar-refractivity contribution in [2.24, 2.45) is 0 Å². The van der Waals surface area contributed by atoms with Crippen LogP contribution in [0.2, 0.25) is 0 Å². The molecule has 0 aromatic carbocycles. The van der Waals surface area contributed by atoms with Crippen LogP contribution in [0.3, 0.4) is 0 Å². The van der Waals surface area contributed by atoms with E-state index < -0.39 is 87.9 Å². The Morgan fingerprint density at radius 1 is 0.536 bits per heavy atom. The summed E-state index contributed by atoms with van der Waals surface area (Å²) in [4.78, 5) is 35.7. The summed E-state index contributed by atoms with van der Waals surface area (Å²) in [7, 11) is -5.20. The summed E-state index contributed by atoms with van der Waals surface area (Å²) in [5.74, 6) is -1.38. The van der Waals surface area contributed by atoms with Gasteiger partial charge in [-0.25, -0.2) is 4.57 Å². The van der Waals surface area contributed by atoms with Crippen LogP contribution in [0.1, 0.15) is 117 Å². The van der Waals surface area contributed by atoms with Crippen molar-refractivity contribution in [2.75, 3.05) is 13.2 Å². The number of phosphoric acid groups is 1. The summed E-state index contributed by atoms with van der Waals surface area (Å²) in [6.45, 7) is 2.85. The van der Waals surface area contributed by atoms with Crippen LogP contribution in [0, 0.1) is 0 Å². The highest BCUT2D eigenvalue weighted by Crippen LogP contribution is 2.47. The van der Waals surface area contributed by atoms with Crippen molar-refractivity contribution < 1.29 is 73.3 Å². The summed E-state index contributed by atoms with van der Waals surface area (Å²) < 4.78 is 33.3. The number of hydrogen-bond donors (Lipinski definition) is 8. The van der Waals surface area contributed by atoms with Gasteiger partial charge in [0.05, 0.1) is 18.8 Å². The van der Waals surface area contributed by atoms with Crippen LogP contribution < -0.4 is 0 Å². The molecule has 16 heteroatoms. The molecule has 1 saturated carbocycles. The predicted molar refractivity (Wildman–Crippen MR) is 269 cm³/mol. The molecule has 3 unspecified atom stereocenters. The lowest BCUT2D eigenvalue weighted by atomic mass is 9.85. The average Bonchev–Trinajstić information content (AvgIpc) is 3.32. The highest BCUT2D eigenvalue weighted by Gasteiger charge is 2.51. The number of esters is 2. The molecule has 15 nitrogen and oxygen atoms in total. The largest absolute Gasteiger partial charge is 0.472 e. The third-order valence-corrected chi connectivity index (χ3v) is 11.2. The summed E-state index contributed by atoms with van der Waals surface area (Å²) >= 11 is 0. The zero-order chi connectivity index (χ0) is 51.0. The van der Waals surface area contributed by atoms with Gasteiger partial charge in [-0.05, 0) is 77.0 Å². The lowest BCUT2D eigenvalue weighted by Crippen LogP contribution is -2.64. The number of hydrogen-bond acceptors (Lipinski definition) is 14. The minimum atomic E-state index is -5.20. The van der Waals surface area contributed by atoms with Crippen LogP contribution >= 0.6 is 7.82 Å². The van der Waals surface area contributed by atoms with Gasteiger partial charge in [-0.2, -0.15) is 0 Å². The molecule has 1 aliphatic rings. The molecule has 1 aliphatic carbocycles. The highest BCUT2D eigenvalue weighted by atomic mass is 31.2. The van der Waals surface area contributed by atoms with Crippen molar-refractivity contribution in [1.82, 2.24) is 0 Å². The van der Waals surface area contributed by atoms with E-state index in [-0.39, 0.29) is 19.3 Å². The number of aliphatic hydroxyl groups excluding tert-OH is 7. The first-order valence-corrected chi connectivity index (χ1v) is 25.7. The quantitative estimate of drug-likeness (QED) is 0.00969. The van der Waals surface area contributed by atoms with E-state index in [0.29, 0.717) is 32.1 Å². The fourth-order valence-electron chi connectivity index (χ4n) is 6.23. The van der Waals surface area contributed by atoms with E-state index in [4.69, 9.17) is 18.5 Å². The van der Waals surface area contributed by atoms with E-state index in [1.54, 1.807) is 42.5 Å². The normalized spacial score (nSPS) is 23.0. The van der Waals surface area contributed by atoms with Gasteiger partial charge >= 0.3 is 19.8 Å². The molecule has 0 aliphatic heterocycles. The molecule has 0 spiro atoms. The summed E-state index contributed by atoms with van der Waals surface area (Å²) in [5, 5.41) is 70.2. The van der Waals surface area contributed by atoms with Gasteiger partial charge in [-0.15, -0.1) is 0 Å². The maximum absolute atomic E-state index is 12.8. The zero-order valence-electron chi connectivity index (χ0n) is 40.5. The fraction of sp³-hybridized carbons (Fsp3) is 0.547. The molecule has 0 aromatic heterocycles. The van der Waals surface area contributed by atoms with Crippen LogP contribution in [-0.2, 0) is 32.7 Å². The minimum absolute atomic E-state index is 0.00346. The first kappa shape index (κ1) is 62.9. The molecule has 0 amide bonds. The summed E-state index contributed by atoms with van der Waals surface area (Å²) in [5.41, 5.74) is 0. The van der Waals surface area contributed by atoms with Gasteiger partial charge in [0.25, 0.3) is 0 Å². The van der Waals surface area contributed by atoms with Crippen LogP contribution in [-0.4, -0.2) is 121 Å². The number of carbonyl (C=O) groups excluding carboxylic acids is 2. The lowest BCUT2D eigenvalue weighted by Gasteiger charge is -2.41. The maximum Gasteiger partial charge on any atom is 0.472 e. The smallest absolute Gasteiger partial charge is 0.462 e. The van der Waals surface area contributed by atoms with E-state index in [1.807, 2.05) is 55.5 Å². The monoisotopic (exact) mass is 989 g/mol. The Hall–Kier alpha value is -4.09. The second-order valence-corrected chi connectivity index (χ2v) is 17.7. The SMILES string of the molecule is CC/C=C\C[C@H](O)/C=C/C=C\C=C\[C@H](O)C/C=C\C/C=C\CCC(=O)O[C@H](COC(=O)CC/C=C\C/C=C\C/C=C\C/C=C\C/C=C\CCCCC)COP(=O)(O)OC1[C@H](O)[C@H](O)C(O)[C@H](O)[C@H]1O. The molecule has 0 bridgehead atoms. The standard InChI is InChI=1S/C53H81O15P/c1-3-5-7-8-9-10-11-12-13-14-15-16-17-18-19-20-21-25-33-39-46(56)65-41-45(42-66-69(63,64)68-53-51(61)49(59)48(58)50(60)52(53)62)67-47(57)40-34-26-23-22-24-30-36-44(55)38-32-28-27-31-37-43(54)35-29-6-4-2/h6,9-10,12-13,15-16,18-19,21,23-32,37-38,43-45,48-55,58-62H,3-5,7-8,11,14,17,20,22,33-36,39-42H2,1-2H3,(H,63,64)/b10-9-,13-12-,16-15-,19-18-,25-21-,26-23-,28-27-,29-6-,30-24-,37-31+,38-32+/t43-,44+,45+,48?,49-,50+,51+,52+,53?/m0/s1. The second kappa shape index (κ2) is 40.6. The Bertz CT molecular complexity index is 1740. The Kier molecular flexibility index (Phi) is 37.0. The zero-order valence-corrected chi connectivity index (χ0v) is 41.4. The van der Waals surface area contributed by atoms with E-state index in [9.17, 15) is 54.8 Å². The van der Waals surface area contributed by atoms with Crippen molar-refractivity contribution in [1.29, 1.82) is 0 Å². The van der Waals surface area contributed by atoms with E-state index >= 15 is 0 Å². The van der Waals surface area contributed by atoms with Crippen molar-refractivity contribution in [3.05, 3.63) is 134 Å². The fourth-order valence-corrected chi connectivity index (χ4v) is 7.21. The van der Waals surface area contributed by atoms with Crippen molar-refractivity contribution in [3.63, 3.8) is 0 Å². The molecule has 0 saturated heterocycles. The van der Waals surface area contributed by atoms with Crippen molar-refractivity contribution in [2.45, 2.75) is 172 Å². The molecule has 10 atom stereocenters. The molecule has 69 heavy (non-hydrogen) atoms. The first-order chi connectivity index (χ1) is 33.2. The molecule has 0 heterocycles. The Balaban J connectivity index is 2.61. The van der Waals surface area contributed by atoms with Gasteiger partial charge in [0.2, 0.25) is 0 Å². The van der Waals surface area contributed by atoms with Crippen LogP contribution in [0.5, 0.6) is 0 Å². The molecule has 0 radical (unpaired) electrons. The Morgan fingerprint density at radius 3 is 1.46 bits per heavy atom. The number of phosphoric ester groups is 1. The molecule has 388 valence electrons. The molecule has 8 N–H and O–H groups in total. The molecule has 0 aromatic rings. The van der Waals surface area contributed by atoms with Crippen molar-refractivity contribution >= 4 is 19.8 Å². The van der Waals surface area contributed by atoms with Crippen molar-refractivity contribution in [3.8, 4) is 0 Å². The van der Waals surface area contributed by atoms with Gasteiger partial charge in [-0.1, -0.05) is 160 Å². The molecule has 1 fully saturated rings. The number of carbonyl (C=O) groups is 2. The third-order valence-electron chi connectivity index (χ3n) is 10.2. The minimum Gasteiger partial charge on any atom is -0.462 e. The van der Waals surface area contributed by atoms with Gasteiger partial charge in [-0.3, -0.25) is 18.6 Å². The number of unbranched alkanes of at least 4 members (excludes halogenated alkanes) is 3. The average molecular weight is 989 g/mol. The first-order valence-electron chi connectivity index (χ1n) is 24.2. The second-order valence-electron chi connectivity index (χ2n) is 16.3. The molecular weight excluding hydrogens is 908 g/mol. The third kappa shape index (κ3) is 33.2. The number of rotatable bonds is 37. The predicted octanol–water partition coefficient (Wildman–Crippen LogP) is 7.88. The maximum atomic E-state index is 12.8. The van der Waals surface area contributed by atoms with Crippen LogP contribution in [0.15, 0.2) is 134 Å². The Labute approximate surface area is 410 Å². The Morgan fingerprint density at radius 2 is 0.971 bits per heavy atom. The number of aliphatic hydroxyl groups is 7. The van der Waals surface area contributed by atoms with Crippen LogP contribution in [0.4, 0.5) is 0 Å².